The predicted octanol–water partition coefficient (Wildman–Crippen LogP) is 2.49. The van der Waals surface area contributed by atoms with E-state index in [0.717, 1.165) is 0 Å². The summed E-state index contributed by atoms with van der Waals surface area (Å²) >= 11 is 3.32. The molecule has 2 rings (SSSR count). The number of halogens is 1. The highest BCUT2D eigenvalue weighted by molar-refractivity contribution is 9.10. The third kappa shape index (κ3) is 2.77. The molecule has 5 nitrogen and oxygen atoms in total. The number of hydrogen-bond acceptors (Lipinski definition) is 3. The van der Waals surface area contributed by atoms with Crippen molar-refractivity contribution in [1.82, 2.24) is 4.57 Å². The molecular weight excluding hydrogens is 308 g/mol. The molecule has 0 bridgehead atoms. The van der Waals surface area contributed by atoms with Crippen LogP contribution in [0, 0.1) is 11.3 Å². The molecule has 0 unspecified atom stereocenters. The number of amides is 1. The largest absolute Gasteiger partial charge is 0.397 e. The number of carbonyl (C=O) groups is 1. The Morgan fingerprint density at radius 1 is 1.47 bits per heavy atom. The Labute approximate surface area is 118 Å². The summed E-state index contributed by atoms with van der Waals surface area (Å²) in [6.07, 6.45) is 1.67. The number of nitrogens with two attached hydrogens (primary N) is 1. The zero-order chi connectivity index (χ0) is 14.0. The first-order chi connectivity index (χ1) is 9.01. The Hall–Kier alpha value is -2.26. The van der Waals surface area contributed by atoms with Crippen molar-refractivity contribution in [1.29, 1.82) is 5.26 Å². The zero-order valence-electron chi connectivity index (χ0n) is 10.1. The van der Waals surface area contributed by atoms with Crippen molar-refractivity contribution in [2.75, 3.05) is 11.1 Å². The second kappa shape index (κ2) is 5.16. The van der Waals surface area contributed by atoms with Gasteiger partial charge in [0.1, 0.15) is 5.69 Å². The smallest absolute Gasteiger partial charge is 0.272 e. The Bertz CT molecular complexity index is 684. The average molecular weight is 319 g/mol. The lowest BCUT2D eigenvalue weighted by atomic mass is 10.2. The van der Waals surface area contributed by atoms with Gasteiger partial charge in [-0.2, -0.15) is 5.26 Å². The third-order valence-electron chi connectivity index (χ3n) is 2.61. The van der Waals surface area contributed by atoms with Crippen LogP contribution in [-0.2, 0) is 7.05 Å². The number of nitrogens with one attached hydrogen (secondary N) is 1. The molecule has 0 aliphatic heterocycles. The predicted molar refractivity (Wildman–Crippen MR) is 76.6 cm³/mol. The van der Waals surface area contributed by atoms with E-state index in [2.05, 4.69) is 21.2 Å². The van der Waals surface area contributed by atoms with Gasteiger partial charge in [0.2, 0.25) is 0 Å². The monoisotopic (exact) mass is 318 g/mol. The van der Waals surface area contributed by atoms with Crippen molar-refractivity contribution in [3.05, 3.63) is 46.2 Å². The summed E-state index contributed by atoms with van der Waals surface area (Å²) in [5, 5.41) is 11.5. The quantitative estimate of drug-likeness (QED) is 0.892. The van der Waals surface area contributed by atoms with Gasteiger partial charge in [-0.3, -0.25) is 4.79 Å². The molecule has 0 fully saturated rings. The fourth-order valence-corrected chi connectivity index (χ4v) is 2.17. The third-order valence-corrected chi connectivity index (χ3v) is 3.26. The Balaban J connectivity index is 2.25. The van der Waals surface area contributed by atoms with Crippen LogP contribution in [-0.4, -0.2) is 10.5 Å². The van der Waals surface area contributed by atoms with Gasteiger partial charge >= 0.3 is 0 Å². The number of nitriles is 1. The molecule has 0 saturated heterocycles. The van der Waals surface area contributed by atoms with Gasteiger partial charge in [-0.05, 0) is 40.2 Å². The topological polar surface area (TPSA) is 83.8 Å². The second-order valence-corrected chi connectivity index (χ2v) is 4.88. The van der Waals surface area contributed by atoms with E-state index in [0.29, 0.717) is 27.1 Å². The number of aryl methyl sites for hydroxylation is 1. The summed E-state index contributed by atoms with van der Waals surface area (Å²) in [7, 11) is 1.75. The van der Waals surface area contributed by atoms with E-state index in [-0.39, 0.29) is 5.91 Å². The first kappa shape index (κ1) is 13.2. The second-order valence-electron chi connectivity index (χ2n) is 4.03. The molecule has 1 heterocycles. The number of aromatic nitrogens is 1. The van der Waals surface area contributed by atoms with Crippen LogP contribution in [0.1, 0.15) is 16.1 Å². The lowest BCUT2D eigenvalue weighted by Crippen LogP contribution is -2.15. The molecule has 1 aromatic carbocycles. The highest BCUT2D eigenvalue weighted by Gasteiger charge is 2.12. The zero-order valence-corrected chi connectivity index (χ0v) is 11.7. The summed E-state index contributed by atoms with van der Waals surface area (Å²) in [5.41, 5.74) is 7.75. The SMILES string of the molecule is Cn1cc(N)cc1C(=O)Nc1ccc(C#N)cc1Br. The van der Waals surface area contributed by atoms with E-state index >= 15 is 0 Å². The normalized spacial score (nSPS) is 9.95. The summed E-state index contributed by atoms with van der Waals surface area (Å²) < 4.78 is 2.31. The number of anilines is 2. The van der Waals surface area contributed by atoms with E-state index in [1.54, 1.807) is 42.1 Å². The highest BCUT2D eigenvalue weighted by Crippen LogP contribution is 2.24. The Morgan fingerprint density at radius 3 is 2.74 bits per heavy atom. The number of rotatable bonds is 2. The van der Waals surface area contributed by atoms with Crippen molar-refractivity contribution >= 4 is 33.2 Å². The van der Waals surface area contributed by atoms with E-state index in [1.807, 2.05) is 6.07 Å². The van der Waals surface area contributed by atoms with Gasteiger partial charge in [-0.1, -0.05) is 0 Å². The molecule has 2 aromatic rings. The minimum Gasteiger partial charge on any atom is -0.397 e. The van der Waals surface area contributed by atoms with Crippen molar-refractivity contribution in [2.45, 2.75) is 0 Å². The van der Waals surface area contributed by atoms with E-state index < -0.39 is 0 Å². The van der Waals surface area contributed by atoms with E-state index in [4.69, 9.17) is 11.0 Å². The van der Waals surface area contributed by atoms with E-state index in [1.165, 1.54) is 0 Å². The number of nitrogen functional groups attached to an aromatic ring is 1. The maximum absolute atomic E-state index is 12.1. The molecule has 0 aliphatic carbocycles. The molecule has 19 heavy (non-hydrogen) atoms. The molecule has 3 N–H and O–H groups in total. The van der Waals surface area contributed by atoms with Crippen LogP contribution in [0.3, 0.4) is 0 Å². The van der Waals surface area contributed by atoms with Gasteiger partial charge in [0, 0.05) is 17.7 Å². The van der Waals surface area contributed by atoms with Crippen LogP contribution in [0.15, 0.2) is 34.9 Å². The minimum absolute atomic E-state index is 0.260. The molecule has 6 heteroatoms. The first-order valence-corrected chi connectivity index (χ1v) is 6.23. The molecule has 0 atom stereocenters. The van der Waals surface area contributed by atoms with Gasteiger partial charge in [0.15, 0.2) is 0 Å². The van der Waals surface area contributed by atoms with Crippen LogP contribution in [0.2, 0.25) is 0 Å². The number of benzene rings is 1. The standard InChI is InChI=1S/C13H11BrN4O/c1-18-7-9(16)5-12(18)13(19)17-11-3-2-8(6-15)4-10(11)14/h2-5,7H,16H2,1H3,(H,17,19). The first-order valence-electron chi connectivity index (χ1n) is 5.44. The lowest BCUT2D eigenvalue weighted by molar-refractivity contribution is 0.101. The molecular formula is C13H11BrN4O. The van der Waals surface area contributed by atoms with Crippen molar-refractivity contribution in [3.8, 4) is 6.07 Å². The summed E-state index contributed by atoms with van der Waals surface area (Å²) in [4.78, 5) is 12.1. The number of nitrogens with zero attached hydrogens (tertiary/aromatic N) is 2. The molecule has 1 aromatic heterocycles. The van der Waals surface area contributed by atoms with Gasteiger partial charge < -0.3 is 15.6 Å². The molecule has 1 amide bonds. The molecule has 96 valence electrons. The van der Waals surface area contributed by atoms with E-state index in [9.17, 15) is 4.79 Å². The van der Waals surface area contributed by atoms with Crippen LogP contribution < -0.4 is 11.1 Å². The Kier molecular flexibility index (Phi) is 3.58. The van der Waals surface area contributed by atoms with Crippen molar-refractivity contribution < 1.29 is 4.79 Å². The van der Waals surface area contributed by atoms with Crippen LogP contribution in [0.25, 0.3) is 0 Å². The number of carbonyl (C=O) groups excluding carboxylic acids is 1. The fourth-order valence-electron chi connectivity index (χ4n) is 1.69. The minimum atomic E-state index is -0.260. The van der Waals surface area contributed by atoms with Crippen LogP contribution >= 0.6 is 15.9 Å². The highest BCUT2D eigenvalue weighted by atomic mass is 79.9. The van der Waals surface area contributed by atoms with Crippen LogP contribution in [0.4, 0.5) is 11.4 Å². The molecule has 0 radical (unpaired) electrons. The fraction of sp³-hybridized carbons (Fsp3) is 0.0769. The van der Waals surface area contributed by atoms with Gasteiger partial charge in [-0.25, -0.2) is 0 Å². The summed E-state index contributed by atoms with van der Waals surface area (Å²) in [5.74, 6) is -0.260. The van der Waals surface area contributed by atoms with Crippen molar-refractivity contribution in [2.24, 2.45) is 7.05 Å². The molecule has 0 aliphatic rings. The average Bonchev–Trinajstić information content (AvgIpc) is 2.71. The van der Waals surface area contributed by atoms with Gasteiger partial charge in [0.25, 0.3) is 5.91 Å². The van der Waals surface area contributed by atoms with Gasteiger partial charge in [-0.15, -0.1) is 0 Å². The number of hydrogen-bond donors (Lipinski definition) is 2. The molecule has 0 saturated carbocycles. The summed E-state index contributed by atoms with van der Waals surface area (Å²) in [6, 6.07) is 8.59. The maximum atomic E-state index is 12.1. The maximum Gasteiger partial charge on any atom is 0.272 e. The van der Waals surface area contributed by atoms with Gasteiger partial charge in [0.05, 0.1) is 23.0 Å². The lowest BCUT2D eigenvalue weighted by Gasteiger charge is -2.08. The van der Waals surface area contributed by atoms with Crippen LogP contribution in [0.5, 0.6) is 0 Å². The van der Waals surface area contributed by atoms with Crippen molar-refractivity contribution in [3.63, 3.8) is 0 Å². The Morgan fingerprint density at radius 2 is 2.21 bits per heavy atom. The summed E-state index contributed by atoms with van der Waals surface area (Å²) in [6.45, 7) is 0. The molecule has 0 spiro atoms.